The molecule has 1 unspecified atom stereocenters. The van der Waals surface area contributed by atoms with Crippen molar-refractivity contribution in [1.82, 2.24) is 14.8 Å². The van der Waals surface area contributed by atoms with Gasteiger partial charge in [-0.3, -0.25) is 0 Å². The highest BCUT2D eigenvalue weighted by molar-refractivity contribution is 7.79. The van der Waals surface area contributed by atoms with Crippen LogP contribution in [0.3, 0.4) is 0 Å². The van der Waals surface area contributed by atoms with Crippen molar-refractivity contribution in [2.45, 2.75) is 42.5 Å². The number of methoxy groups -OCH3 is 3. The van der Waals surface area contributed by atoms with Crippen LogP contribution in [0.15, 0.2) is 64.9 Å². The molecule has 36 heavy (non-hydrogen) atoms. The quantitative estimate of drug-likeness (QED) is 0.259. The fourth-order valence-corrected chi connectivity index (χ4v) is 4.37. The van der Waals surface area contributed by atoms with Crippen LogP contribution in [0.1, 0.15) is 12.5 Å². The van der Waals surface area contributed by atoms with Crippen molar-refractivity contribution in [1.29, 1.82) is 0 Å². The van der Waals surface area contributed by atoms with Gasteiger partial charge in [-0.15, -0.1) is 5.10 Å². The molecule has 1 aliphatic heterocycles. The number of hydrogen-bond donors (Lipinski definition) is 1. The second kappa shape index (κ2) is 11.8. The molecule has 0 amide bonds. The van der Waals surface area contributed by atoms with E-state index in [0.29, 0.717) is 10.7 Å². The number of rotatable bonds is 9. The van der Waals surface area contributed by atoms with Crippen LogP contribution < -0.4 is 0 Å². The first-order chi connectivity index (χ1) is 17.4. The van der Waals surface area contributed by atoms with E-state index in [-0.39, 0.29) is 18.3 Å². The number of hydrogen-bond acceptors (Lipinski definition) is 9. The molecule has 11 nitrogen and oxygen atoms in total. The van der Waals surface area contributed by atoms with Crippen molar-refractivity contribution in [2.75, 3.05) is 21.3 Å². The average Bonchev–Trinajstić information content (AvgIpc) is 3.39. The molecule has 192 valence electrons. The van der Waals surface area contributed by atoms with E-state index in [1.54, 1.807) is 62.8 Å². The molecule has 1 N–H and O–H groups in total. The zero-order chi connectivity index (χ0) is 25.7. The lowest BCUT2D eigenvalue weighted by molar-refractivity contribution is -0.305. The molecule has 12 heteroatoms. The smallest absolute Gasteiger partial charge is 0.256 e. The molecule has 1 saturated heterocycles. The first kappa shape index (κ1) is 26.1. The van der Waals surface area contributed by atoms with Gasteiger partial charge in [0.25, 0.3) is 6.29 Å². The van der Waals surface area contributed by atoms with E-state index < -0.39 is 23.5 Å². The Morgan fingerprint density at radius 2 is 1.67 bits per heavy atom. The van der Waals surface area contributed by atoms with Crippen LogP contribution in [0.2, 0.25) is 0 Å². The molecule has 3 aromatic rings. The Labute approximate surface area is 211 Å². The zero-order valence-corrected chi connectivity index (χ0v) is 21.1. The van der Waals surface area contributed by atoms with E-state index in [1.165, 1.54) is 0 Å². The van der Waals surface area contributed by atoms with E-state index in [2.05, 4.69) is 15.2 Å². The summed E-state index contributed by atoms with van der Waals surface area (Å²) in [4.78, 5) is 10.3. The molecule has 2 heterocycles. The number of aromatic nitrogens is 3. The Balaban J connectivity index is 1.40. The lowest BCUT2D eigenvalue weighted by Gasteiger charge is -2.42. The van der Waals surface area contributed by atoms with Crippen molar-refractivity contribution in [2.24, 2.45) is 5.16 Å². The fraction of sp³-hybridized carbons (Fsp3) is 0.375. The van der Waals surface area contributed by atoms with Gasteiger partial charge in [0.1, 0.15) is 18.5 Å². The van der Waals surface area contributed by atoms with Crippen molar-refractivity contribution >= 4 is 17.3 Å². The van der Waals surface area contributed by atoms with Crippen LogP contribution >= 0.6 is 0 Å². The van der Waals surface area contributed by atoms with E-state index >= 15 is 0 Å². The molecule has 1 fully saturated rings. The van der Waals surface area contributed by atoms with Crippen LogP contribution in [-0.2, 0) is 34.9 Å². The Kier molecular flexibility index (Phi) is 8.56. The van der Waals surface area contributed by atoms with E-state index in [4.69, 9.17) is 28.3 Å². The highest BCUT2D eigenvalue weighted by Crippen LogP contribution is 2.27. The van der Waals surface area contributed by atoms with Crippen molar-refractivity contribution in [3.8, 4) is 17.1 Å². The van der Waals surface area contributed by atoms with Gasteiger partial charge in [0, 0.05) is 26.9 Å². The summed E-state index contributed by atoms with van der Waals surface area (Å²) in [6.07, 6.45) is 0.964. The molecule has 4 rings (SSSR count). The van der Waals surface area contributed by atoms with Gasteiger partial charge in [-0.25, -0.2) is 13.9 Å². The van der Waals surface area contributed by atoms with Gasteiger partial charge in [0.2, 0.25) is 0 Å². The minimum Gasteiger partial charge on any atom is -0.376 e. The maximum atomic E-state index is 11.1. The summed E-state index contributed by atoms with van der Waals surface area (Å²) < 4.78 is 44.4. The van der Waals surface area contributed by atoms with Gasteiger partial charge in [0.05, 0.1) is 22.9 Å². The van der Waals surface area contributed by atoms with Crippen LogP contribution in [-0.4, -0.2) is 81.8 Å². The minimum atomic E-state index is -2.02. The Hall–Kier alpha value is -3.00. The Morgan fingerprint density at radius 1 is 1.00 bits per heavy atom. The van der Waals surface area contributed by atoms with E-state index in [9.17, 15) is 4.21 Å². The van der Waals surface area contributed by atoms with Crippen LogP contribution in [0.25, 0.3) is 17.1 Å². The first-order valence-corrected chi connectivity index (χ1v) is 12.2. The predicted molar refractivity (Wildman–Crippen MR) is 131 cm³/mol. The molecule has 6 atom stereocenters. The number of nitrogens with zero attached hydrogens (tertiary/aromatic N) is 4. The highest BCUT2D eigenvalue weighted by Gasteiger charge is 2.46. The molecule has 0 spiro atoms. The van der Waals surface area contributed by atoms with Gasteiger partial charge in [-0.1, -0.05) is 29.4 Å². The van der Waals surface area contributed by atoms with Gasteiger partial charge >= 0.3 is 0 Å². The average molecular weight is 517 g/mol. The maximum absolute atomic E-state index is 11.1. The maximum Gasteiger partial charge on any atom is 0.256 e. The molecular weight excluding hydrogens is 488 g/mol. The SMILES string of the molecule is CO[C@@H]1[C@@H](OC)[C@H](C)O[C@@H](O/N=C/c2ccc(-c3ncn(-c4ccc(S(=O)O)cc4)n3)cc2)[C@@H]1OC. The molecule has 0 saturated carbocycles. The third kappa shape index (κ3) is 5.69. The summed E-state index contributed by atoms with van der Waals surface area (Å²) in [5, 5.41) is 8.57. The van der Waals surface area contributed by atoms with Crippen molar-refractivity contribution < 1.29 is 32.5 Å². The summed E-state index contributed by atoms with van der Waals surface area (Å²) in [5.74, 6) is 0.537. The van der Waals surface area contributed by atoms with Crippen molar-refractivity contribution in [3.05, 3.63) is 60.4 Å². The summed E-state index contributed by atoms with van der Waals surface area (Å²) >= 11 is -2.02. The Morgan fingerprint density at radius 3 is 2.28 bits per heavy atom. The van der Waals surface area contributed by atoms with Gasteiger partial charge in [0.15, 0.2) is 23.0 Å². The molecule has 1 aliphatic rings. The summed E-state index contributed by atoms with van der Waals surface area (Å²) in [7, 11) is 4.76. The topological polar surface area (TPSA) is 127 Å². The normalized spacial score (nSPS) is 25.2. The second-order valence-corrected chi connectivity index (χ2v) is 9.00. The molecule has 1 aromatic heterocycles. The van der Waals surface area contributed by atoms with Gasteiger partial charge < -0.3 is 28.3 Å². The van der Waals surface area contributed by atoms with Crippen molar-refractivity contribution in [3.63, 3.8) is 0 Å². The third-order valence-electron chi connectivity index (χ3n) is 5.87. The third-order valence-corrected chi connectivity index (χ3v) is 6.55. The van der Waals surface area contributed by atoms with Gasteiger partial charge in [-0.05, 0) is 36.8 Å². The zero-order valence-electron chi connectivity index (χ0n) is 20.3. The molecule has 0 aliphatic carbocycles. The monoisotopic (exact) mass is 516 g/mol. The fourth-order valence-electron chi connectivity index (χ4n) is 4.00. The molecule has 2 aromatic carbocycles. The largest absolute Gasteiger partial charge is 0.376 e. The molecule has 0 bridgehead atoms. The minimum absolute atomic E-state index is 0.269. The predicted octanol–water partition coefficient (Wildman–Crippen LogP) is 2.66. The summed E-state index contributed by atoms with van der Waals surface area (Å²) in [6.45, 7) is 1.88. The number of oxime groups is 1. The standard InChI is InChI=1S/C24H28N4O7S/c1-15-20(31-2)21(32-3)22(33-4)24(34-15)35-26-13-16-5-7-17(8-6-16)23-25-14-28(27-23)18-9-11-19(12-10-18)36(29)30/h5-15,20-22,24H,1-4H3,(H,29,30)/b26-13+/t15-,20-,21+,22+,24-/m0/s1. The molecular formula is C24H28N4O7S. The Bertz CT molecular complexity index is 1190. The van der Waals surface area contributed by atoms with Crippen LogP contribution in [0, 0.1) is 0 Å². The highest BCUT2D eigenvalue weighted by atomic mass is 32.2. The lowest BCUT2D eigenvalue weighted by atomic mass is 9.99. The number of ether oxygens (including phenoxy) is 4. The van der Waals surface area contributed by atoms with Crippen LogP contribution in [0.4, 0.5) is 0 Å². The van der Waals surface area contributed by atoms with Gasteiger partial charge in [-0.2, -0.15) is 0 Å². The van der Waals surface area contributed by atoms with E-state index in [1.807, 2.05) is 31.2 Å². The molecule has 0 radical (unpaired) electrons. The lowest BCUT2D eigenvalue weighted by Crippen LogP contribution is -2.59. The number of benzene rings is 2. The summed E-state index contributed by atoms with van der Waals surface area (Å²) in [6, 6.07) is 14.0. The second-order valence-electron chi connectivity index (χ2n) is 8.03. The summed E-state index contributed by atoms with van der Waals surface area (Å²) in [5.41, 5.74) is 2.35. The van der Waals surface area contributed by atoms with E-state index in [0.717, 1.165) is 16.8 Å². The first-order valence-electron chi connectivity index (χ1n) is 11.1. The van der Waals surface area contributed by atoms with Crippen LogP contribution in [0.5, 0.6) is 0 Å².